The number of hydrogen-bond acceptors (Lipinski definition) is 6. The standard InChI is InChI=1S/C30H34N4O3S/c31-18-20-8-6-9-22-21(20)12-13-25(22)32-16-4-2-1-3-5-17-38-27-11-7-10-23-24(27)19-34(30(23)37)26-14-15-28(35)33-29(26)36/h6-11,25-26,32H,1-5,12-17,19H2,(H,33,35,36)/t25-,26?/m1/s1. The highest BCUT2D eigenvalue weighted by molar-refractivity contribution is 7.99. The predicted molar refractivity (Wildman–Crippen MR) is 147 cm³/mol. The molecule has 2 heterocycles. The van der Waals surface area contributed by atoms with Crippen LogP contribution in [0.1, 0.15) is 90.0 Å². The van der Waals surface area contributed by atoms with Gasteiger partial charge in [0.2, 0.25) is 11.8 Å². The maximum absolute atomic E-state index is 13.0. The first kappa shape index (κ1) is 26.5. The topological polar surface area (TPSA) is 102 Å². The minimum Gasteiger partial charge on any atom is -0.322 e. The Morgan fingerprint density at radius 2 is 1.79 bits per heavy atom. The number of benzene rings is 2. The van der Waals surface area contributed by atoms with Crippen molar-refractivity contribution in [2.45, 2.75) is 81.3 Å². The molecule has 0 aromatic heterocycles. The summed E-state index contributed by atoms with van der Waals surface area (Å²) in [4.78, 5) is 39.5. The molecule has 0 bridgehead atoms. The van der Waals surface area contributed by atoms with Crippen LogP contribution in [0.25, 0.3) is 0 Å². The Bertz CT molecular complexity index is 1270. The monoisotopic (exact) mass is 530 g/mol. The summed E-state index contributed by atoms with van der Waals surface area (Å²) < 4.78 is 0. The normalized spacial score (nSPS) is 20.3. The maximum atomic E-state index is 13.0. The fourth-order valence-electron chi connectivity index (χ4n) is 5.88. The van der Waals surface area contributed by atoms with Crippen molar-refractivity contribution in [3.63, 3.8) is 0 Å². The molecule has 2 N–H and O–H groups in total. The van der Waals surface area contributed by atoms with Gasteiger partial charge in [0.05, 0.1) is 11.6 Å². The molecule has 2 atom stereocenters. The molecule has 38 heavy (non-hydrogen) atoms. The maximum Gasteiger partial charge on any atom is 0.255 e. The molecule has 198 valence electrons. The van der Waals surface area contributed by atoms with Crippen LogP contribution in [0.2, 0.25) is 0 Å². The van der Waals surface area contributed by atoms with Gasteiger partial charge in [0.1, 0.15) is 6.04 Å². The largest absolute Gasteiger partial charge is 0.322 e. The first-order chi connectivity index (χ1) is 18.6. The summed E-state index contributed by atoms with van der Waals surface area (Å²) in [6.07, 6.45) is 8.59. The van der Waals surface area contributed by atoms with Crippen LogP contribution in [0.5, 0.6) is 0 Å². The van der Waals surface area contributed by atoms with Gasteiger partial charge in [-0.25, -0.2) is 0 Å². The number of unbranched alkanes of at least 4 members (excludes halogenated alkanes) is 4. The van der Waals surface area contributed by atoms with E-state index in [2.05, 4.69) is 28.8 Å². The van der Waals surface area contributed by atoms with Crippen molar-refractivity contribution < 1.29 is 14.4 Å². The highest BCUT2D eigenvalue weighted by atomic mass is 32.2. The Balaban J connectivity index is 1.00. The van der Waals surface area contributed by atoms with Gasteiger partial charge in [-0.1, -0.05) is 37.5 Å². The summed E-state index contributed by atoms with van der Waals surface area (Å²) in [5, 5.41) is 15.4. The van der Waals surface area contributed by atoms with Crippen molar-refractivity contribution in [3.05, 3.63) is 64.2 Å². The van der Waals surface area contributed by atoms with Crippen LogP contribution in [-0.2, 0) is 22.6 Å². The summed E-state index contributed by atoms with van der Waals surface area (Å²) in [6.45, 7) is 1.43. The van der Waals surface area contributed by atoms with E-state index in [-0.39, 0.29) is 24.1 Å². The van der Waals surface area contributed by atoms with Gasteiger partial charge in [-0.05, 0) is 79.3 Å². The van der Waals surface area contributed by atoms with E-state index in [0.717, 1.165) is 54.0 Å². The summed E-state index contributed by atoms with van der Waals surface area (Å²) >= 11 is 1.79. The molecule has 0 radical (unpaired) electrons. The second-order valence-electron chi connectivity index (χ2n) is 10.3. The van der Waals surface area contributed by atoms with Crippen molar-refractivity contribution in [2.75, 3.05) is 12.3 Å². The van der Waals surface area contributed by atoms with E-state index in [9.17, 15) is 19.6 Å². The third kappa shape index (κ3) is 5.64. The van der Waals surface area contributed by atoms with Gasteiger partial charge in [0.25, 0.3) is 5.91 Å². The molecule has 7 nitrogen and oxygen atoms in total. The van der Waals surface area contributed by atoms with E-state index in [1.165, 1.54) is 30.4 Å². The Kier molecular flexibility index (Phi) is 8.45. The van der Waals surface area contributed by atoms with E-state index in [0.29, 0.717) is 24.6 Å². The Labute approximate surface area is 228 Å². The summed E-state index contributed by atoms with van der Waals surface area (Å²) in [6, 6.07) is 14.0. The van der Waals surface area contributed by atoms with Crippen molar-refractivity contribution >= 4 is 29.5 Å². The minimum absolute atomic E-state index is 0.114. The number of piperidine rings is 1. The van der Waals surface area contributed by atoms with Crippen molar-refractivity contribution in [1.29, 1.82) is 5.26 Å². The zero-order valence-electron chi connectivity index (χ0n) is 21.6. The smallest absolute Gasteiger partial charge is 0.255 e. The number of rotatable bonds is 11. The van der Waals surface area contributed by atoms with Crippen molar-refractivity contribution in [2.24, 2.45) is 0 Å². The molecule has 0 saturated carbocycles. The lowest BCUT2D eigenvalue weighted by Gasteiger charge is -2.29. The second kappa shape index (κ2) is 12.1. The number of thioether (sulfide) groups is 1. The minimum atomic E-state index is -0.571. The SMILES string of the molecule is N#Cc1cccc2c1CC[C@H]2NCCCCCCCSc1cccc2c1CN(C1CCC(=O)NC1=O)C2=O. The fraction of sp³-hybridized carbons (Fsp3) is 0.467. The fourth-order valence-corrected chi connectivity index (χ4v) is 6.97. The number of nitrogens with one attached hydrogen (secondary N) is 2. The number of imide groups is 1. The van der Waals surface area contributed by atoms with E-state index < -0.39 is 6.04 Å². The van der Waals surface area contributed by atoms with Gasteiger partial charge in [-0.3, -0.25) is 19.7 Å². The molecule has 3 aliphatic rings. The van der Waals surface area contributed by atoms with Gasteiger partial charge in [-0.2, -0.15) is 5.26 Å². The molecule has 8 heteroatoms. The molecule has 2 aromatic rings. The molecule has 1 aliphatic carbocycles. The van der Waals surface area contributed by atoms with E-state index in [4.69, 9.17) is 0 Å². The zero-order valence-corrected chi connectivity index (χ0v) is 22.4. The molecule has 2 aliphatic heterocycles. The van der Waals surface area contributed by atoms with Gasteiger partial charge in [-0.15, -0.1) is 11.8 Å². The Morgan fingerprint density at radius 3 is 2.63 bits per heavy atom. The van der Waals surface area contributed by atoms with Crippen LogP contribution in [0.4, 0.5) is 0 Å². The van der Waals surface area contributed by atoms with Gasteiger partial charge in [0, 0.05) is 29.5 Å². The molecular weight excluding hydrogens is 496 g/mol. The molecule has 1 saturated heterocycles. The number of hydrogen-bond donors (Lipinski definition) is 2. The number of amides is 3. The highest BCUT2D eigenvalue weighted by Crippen LogP contribution is 2.35. The van der Waals surface area contributed by atoms with Crippen LogP contribution < -0.4 is 10.6 Å². The predicted octanol–water partition coefficient (Wildman–Crippen LogP) is 4.64. The summed E-state index contributed by atoms with van der Waals surface area (Å²) in [5.74, 6) is 0.254. The first-order valence-corrected chi connectivity index (χ1v) is 14.7. The van der Waals surface area contributed by atoms with Crippen molar-refractivity contribution in [3.8, 4) is 6.07 Å². The second-order valence-corrected chi connectivity index (χ2v) is 11.5. The number of carbonyl (C=O) groups is 3. The number of nitrogens with zero attached hydrogens (tertiary/aromatic N) is 2. The van der Waals surface area contributed by atoms with Crippen LogP contribution in [0.3, 0.4) is 0 Å². The average Bonchev–Trinajstić information content (AvgIpc) is 3.49. The van der Waals surface area contributed by atoms with Gasteiger partial charge >= 0.3 is 0 Å². The van der Waals surface area contributed by atoms with E-state index in [1.807, 2.05) is 24.3 Å². The lowest BCUT2D eigenvalue weighted by Crippen LogP contribution is -2.52. The summed E-state index contributed by atoms with van der Waals surface area (Å²) in [5.41, 5.74) is 5.04. The average molecular weight is 531 g/mol. The third-order valence-electron chi connectivity index (χ3n) is 7.90. The van der Waals surface area contributed by atoms with Gasteiger partial charge in [0.15, 0.2) is 0 Å². The lowest BCUT2D eigenvalue weighted by atomic mass is 10.0. The highest BCUT2D eigenvalue weighted by Gasteiger charge is 2.39. The van der Waals surface area contributed by atoms with E-state index >= 15 is 0 Å². The molecular formula is C30H34N4O3S. The molecule has 5 rings (SSSR count). The molecule has 1 unspecified atom stereocenters. The molecule has 0 spiro atoms. The Hall–Kier alpha value is -3.15. The van der Waals surface area contributed by atoms with E-state index in [1.54, 1.807) is 16.7 Å². The van der Waals surface area contributed by atoms with Crippen LogP contribution in [0.15, 0.2) is 41.3 Å². The zero-order chi connectivity index (χ0) is 26.5. The molecule has 3 amide bonds. The first-order valence-electron chi connectivity index (χ1n) is 13.7. The van der Waals surface area contributed by atoms with Crippen LogP contribution >= 0.6 is 11.8 Å². The van der Waals surface area contributed by atoms with Gasteiger partial charge < -0.3 is 10.2 Å². The van der Waals surface area contributed by atoms with Crippen LogP contribution in [0, 0.1) is 11.3 Å². The quantitative estimate of drug-likeness (QED) is 0.249. The number of nitriles is 1. The number of fused-ring (bicyclic) bond motifs is 2. The third-order valence-corrected chi connectivity index (χ3v) is 9.09. The lowest BCUT2D eigenvalue weighted by molar-refractivity contribution is -0.136. The van der Waals surface area contributed by atoms with Crippen LogP contribution in [-0.4, -0.2) is 41.0 Å². The molecule has 2 aromatic carbocycles. The Morgan fingerprint density at radius 1 is 0.974 bits per heavy atom. The number of carbonyl (C=O) groups excluding carboxylic acids is 3. The summed E-state index contributed by atoms with van der Waals surface area (Å²) in [7, 11) is 0. The van der Waals surface area contributed by atoms with Crippen molar-refractivity contribution in [1.82, 2.24) is 15.5 Å². The molecule has 1 fully saturated rings.